The van der Waals surface area contributed by atoms with Crippen LogP contribution in [0.25, 0.3) is 0 Å². The summed E-state index contributed by atoms with van der Waals surface area (Å²) in [6.45, 7) is 12.9. The molecule has 0 radical (unpaired) electrons. The lowest BCUT2D eigenvalue weighted by Gasteiger charge is -2.29. The minimum absolute atomic E-state index is 0.119. The van der Waals surface area contributed by atoms with Crippen molar-refractivity contribution in [3.8, 4) is 0 Å². The molecule has 1 rings (SSSR count). The molecular weight excluding hydrogens is 733 g/mol. The van der Waals surface area contributed by atoms with Crippen molar-refractivity contribution in [2.24, 2.45) is 0 Å². The lowest BCUT2D eigenvalue weighted by atomic mass is 10.1. The van der Waals surface area contributed by atoms with Gasteiger partial charge in [-0.15, -0.1) is 0 Å². The molecule has 0 aliphatic carbocycles. The Morgan fingerprint density at radius 3 is 1.03 bits per heavy atom. The highest BCUT2D eigenvalue weighted by molar-refractivity contribution is 5.95. The van der Waals surface area contributed by atoms with Crippen molar-refractivity contribution in [2.75, 3.05) is 120 Å². The number of hydrogen-bond donors (Lipinski definition) is 0. The third-order valence-corrected chi connectivity index (χ3v) is 10.9. The first kappa shape index (κ1) is 53.9. The molecular formula is C48H90N2O8+2. The van der Waals surface area contributed by atoms with Gasteiger partial charge >= 0.3 is 11.9 Å². The number of esters is 2. The van der Waals surface area contributed by atoms with Crippen molar-refractivity contribution in [3.05, 3.63) is 35.4 Å². The normalized spacial score (nSPS) is 12.0. The van der Waals surface area contributed by atoms with Gasteiger partial charge in [0.15, 0.2) is 0 Å². The van der Waals surface area contributed by atoms with Crippen LogP contribution in [0.4, 0.5) is 0 Å². The number of nitrogens with zero attached hydrogens (tertiary/aromatic N) is 2. The Labute approximate surface area is 356 Å². The smallest absolute Gasteiger partial charge is 0.338 e. The van der Waals surface area contributed by atoms with E-state index in [0.717, 1.165) is 22.1 Å². The van der Waals surface area contributed by atoms with E-state index in [1.165, 1.54) is 148 Å². The van der Waals surface area contributed by atoms with Gasteiger partial charge in [0.2, 0.25) is 0 Å². The number of carbonyl (C=O) groups is 2. The van der Waals surface area contributed by atoms with E-state index in [4.69, 9.17) is 28.4 Å². The second-order valence-electron chi connectivity index (χ2n) is 17.4. The molecule has 1 aromatic rings. The average molecular weight is 823 g/mol. The van der Waals surface area contributed by atoms with Crippen molar-refractivity contribution < 1.29 is 47.0 Å². The summed E-state index contributed by atoms with van der Waals surface area (Å²) in [5.41, 5.74) is 0.574. The maximum atomic E-state index is 12.6. The fourth-order valence-electron chi connectivity index (χ4n) is 6.87. The van der Waals surface area contributed by atoms with Crippen molar-refractivity contribution in [3.63, 3.8) is 0 Å². The van der Waals surface area contributed by atoms with Gasteiger partial charge in [0.05, 0.1) is 105 Å². The average Bonchev–Trinajstić information content (AvgIpc) is 3.20. The Kier molecular flexibility index (Phi) is 34.2. The molecule has 0 atom stereocenters. The fourth-order valence-corrected chi connectivity index (χ4v) is 6.87. The van der Waals surface area contributed by atoms with Crippen LogP contribution in [-0.4, -0.2) is 141 Å². The van der Waals surface area contributed by atoms with Gasteiger partial charge < -0.3 is 37.4 Å². The van der Waals surface area contributed by atoms with Crippen LogP contribution in [0, 0.1) is 0 Å². The summed E-state index contributed by atoms with van der Waals surface area (Å²) in [5, 5.41) is 0. The zero-order valence-corrected chi connectivity index (χ0v) is 38.5. The van der Waals surface area contributed by atoms with Crippen LogP contribution in [0.1, 0.15) is 163 Å². The standard InChI is InChI=1S/C48H90N2O8/c1-7-9-11-13-15-17-19-21-23-25-30-49(3,4)32-34-53-36-38-55-40-42-57-47(51)45-28-27-29-46(44-45)48(52)58-43-41-56-39-37-54-35-33-50(5,6)31-26-24-22-20-18-16-14-12-10-8-2/h27-29,44H,7-26,30-43H2,1-6H3/q+2. The van der Waals surface area contributed by atoms with E-state index in [2.05, 4.69) is 42.0 Å². The second kappa shape index (κ2) is 36.7. The molecule has 0 spiro atoms. The SMILES string of the molecule is CCCCCCCCCCCC[N+](C)(C)CCOCCOCCOC(=O)c1cccc(C(=O)OCCOCCOCC[N+](C)(C)CCCCCCCCCCCC)c1. The molecule has 0 N–H and O–H groups in total. The van der Waals surface area contributed by atoms with Gasteiger partial charge in [-0.05, 0) is 43.9 Å². The first-order valence-corrected chi connectivity index (χ1v) is 23.5. The largest absolute Gasteiger partial charge is 0.460 e. The molecule has 58 heavy (non-hydrogen) atoms. The number of carbonyl (C=O) groups excluding carboxylic acids is 2. The van der Waals surface area contributed by atoms with Gasteiger partial charge in [-0.3, -0.25) is 0 Å². The lowest BCUT2D eigenvalue weighted by Crippen LogP contribution is -2.43. The van der Waals surface area contributed by atoms with Crippen molar-refractivity contribution in [2.45, 2.75) is 142 Å². The molecule has 10 heteroatoms. The number of quaternary nitrogens is 2. The molecule has 0 aliphatic rings. The summed E-state index contributed by atoms with van der Waals surface area (Å²) >= 11 is 0. The predicted octanol–water partition coefficient (Wildman–Crippen LogP) is 10.1. The molecule has 0 bridgehead atoms. The highest BCUT2D eigenvalue weighted by Crippen LogP contribution is 2.14. The lowest BCUT2D eigenvalue weighted by molar-refractivity contribution is -0.891. The van der Waals surface area contributed by atoms with E-state index in [0.29, 0.717) is 39.6 Å². The van der Waals surface area contributed by atoms with Crippen LogP contribution < -0.4 is 0 Å². The van der Waals surface area contributed by atoms with Crippen LogP contribution in [-0.2, 0) is 28.4 Å². The minimum Gasteiger partial charge on any atom is -0.460 e. The molecule has 0 aliphatic heterocycles. The first-order chi connectivity index (χ1) is 28.1. The Morgan fingerprint density at radius 1 is 0.397 bits per heavy atom. The monoisotopic (exact) mass is 823 g/mol. The molecule has 1 aromatic carbocycles. The third-order valence-electron chi connectivity index (χ3n) is 10.9. The number of rotatable bonds is 42. The molecule has 0 saturated heterocycles. The van der Waals surface area contributed by atoms with E-state index >= 15 is 0 Å². The molecule has 0 fully saturated rings. The quantitative estimate of drug-likeness (QED) is 0.0366. The zero-order valence-electron chi connectivity index (χ0n) is 38.5. The molecule has 338 valence electrons. The third kappa shape index (κ3) is 32.7. The van der Waals surface area contributed by atoms with Crippen molar-refractivity contribution >= 4 is 11.9 Å². The molecule has 0 unspecified atom stereocenters. The summed E-state index contributed by atoms with van der Waals surface area (Å²) in [6, 6.07) is 6.36. The van der Waals surface area contributed by atoms with Crippen LogP contribution in [0.3, 0.4) is 0 Å². The van der Waals surface area contributed by atoms with Gasteiger partial charge in [-0.2, -0.15) is 0 Å². The van der Waals surface area contributed by atoms with Gasteiger partial charge in [0.25, 0.3) is 0 Å². The number of unbranched alkanes of at least 4 members (excludes halogenated alkanes) is 18. The highest BCUT2D eigenvalue weighted by atomic mass is 16.6. The highest BCUT2D eigenvalue weighted by Gasteiger charge is 2.16. The van der Waals surface area contributed by atoms with Crippen LogP contribution in [0.5, 0.6) is 0 Å². The maximum absolute atomic E-state index is 12.6. The van der Waals surface area contributed by atoms with E-state index in [1.54, 1.807) is 18.2 Å². The van der Waals surface area contributed by atoms with Crippen LogP contribution in [0.2, 0.25) is 0 Å². The molecule has 0 heterocycles. The zero-order chi connectivity index (χ0) is 42.4. The molecule has 0 amide bonds. The fraction of sp³-hybridized carbons (Fsp3) is 0.833. The van der Waals surface area contributed by atoms with Gasteiger partial charge in [0, 0.05) is 0 Å². The predicted molar refractivity (Wildman–Crippen MR) is 238 cm³/mol. The maximum Gasteiger partial charge on any atom is 0.338 e. The van der Waals surface area contributed by atoms with Gasteiger partial charge in [-0.25, -0.2) is 9.59 Å². The van der Waals surface area contributed by atoms with E-state index in [1.807, 2.05) is 0 Å². The Morgan fingerprint density at radius 2 is 0.690 bits per heavy atom. The summed E-state index contributed by atoms with van der Waals surface area (Å²) in [5.74, 6) is -1.03. The van der Waals surface area contributed by atoms with E-state index in [-0.39, 0.29) is 37.6 Å². The van der Waals surface area contributed by atoms with Crippen molar-refractivity contribution in [1.82, 2.24) is 0 Å². The summed E-state index contributed by atoms with van der Waals surface area (Å²) in [4.78, 5) is 25.1. The number of hydrogen-bond acceptors (Lipinski definition) is 8. The topological polar surface area (TPSA) is 89.5 Å². The summed E-state index contributed by atoms with van der Waals surface area (Å²) in [6.07, 6.45) is 27.2. The minimum atomic E-state index is -0.513. The summed E-state index contributed by atoms with van der Waals surface area (Å²) < 4.78 is 35.4. The second-order valence-corrected chi connectivity index (χ2v) is 17.4. The van der Waals surface area contributed by atoms with Crippen LogP contribution in [0.15, 0.2) is 24.3 Å². The van der Waals surface area contributed by atoms with E-state index in [9.17, 15) is 9.59 Å². The summed E-state index contributed by atoms with van der Waals surface area (Å²) in [7, 11) is 9.09. The number of likely N-dealkylation sites (N-methyl/N-ethyl adjacent to an activating group) is 2. The van der Waals surface area contributed by atoms with E-state index < -0.39 is 11.9 Å². The first-order valence-electron chi connectivity index (χ1n) is 23.5. The Bertz CT molecular complexity index is 1030. The molecule has 0 aromatic heterocycles. The molecule has 0 saturated carbocycles. The van der Waals surface area contributed by atoms with Crippen molar-refractivity contribution in [1.29, 1.82) is 0 Å². The number of benzene rings is 1. The Balaban J connectivity index is 2.03. The number of ether oxygens (including phenoxy) is 6. The van der Waals surface area contributed by atoms with Gasteiger partial charge in [-0.1, -0.05) is 123 Å². The van der Waals surface area contributed by atoms with Gasteiger partial charge in [0.1, 0.15) is 26.3 Å². The Hall–Kier alpha value is -2.08. The molecule has 10 nitrogen and oxygen atoms in total. The van der Waals surface area contributed by atoms with Crippen LogP contribution >= 0.6 is 0 Å².